The molecule has 1 aliphatic heterocycles. The average Bonchev–Trinajstić information content (AvgIpc) is 2.97. The second-order valence-corrected chi connectivity index (χ2v) is 6.54. The van der Waals surface area contributed by atoms with Crippen LogP contribution in [-0.4, -0.2) is 11.7 Å². The van der Waals surface area contributed by atoms with Crippen molar-refractivity contribution in [2.75, 3.05) is 6.61 Å². The minimum absolute atomic E-state index is 0.464. The summed E-state index contributed by atoms with van der Waals surface area (Å²) < 4.78 is 6.76. The third kappa shape index (κ3) is 2.57. The largest absolute Gasteiger partial charge is 0.493 e. The first-order chi connectivity index (χ1) is 9.15. The van der Waals surface area contributed by atoms with E-state index in [4.69, 9.17) is 4.74 Å². The molecule has 2 heterocycles. The summed E-state index contributed by atoms with van der Waals surface area (Å²) in [4.78, 5) is 0. The molecule has 0 radical (unpaired) electrons. The summed E-state index contributed by atoms with van der Waals surface area (Å²) >= 11 is 5.17. The molecule has 19 heavy (non-hydrogen) atoms. The first-order valence-electron chi connectivity index (χ1n) is 6.30. The van der Waals surface area contributed by atoms with Crippen LogP contribution in [0.4, 0.5) is 0 Å². The number of benzene rings is 1. The van der Waals surface area contributed by atoms with Crippen LogP contribution in [0.3, 0.4) is 0 Å². The number of aryl methyl sites for hydroxylation is 1. The van der Waals surface area contributed by atoms with E-state index in [-0.39, 0.29) is 0 Å². The van der Waals surface area contributed by atoms with Crippen LogP contribution in [-0.2, 0) is 12.8 Å². The fraction of sp³-hybridized carbons (Fsp3) is 0.333. The van der Waals surface area contributed by atoms with Crippen LogP contribution in [0.1, 0.15) is 28.4 Å². The molecule has 3 rings (SSSR count). The van der Waals surface area contributed by atoms with E-state index < -0.39 is 6.10 Å². The van der Waals surface area contributed by atoms with Gasteiger partial charge in [-0.2, -0.15) is 11.3 Å². The van der Waals surface area contributed by atoms with Crippen molar-refractivity contribution in [1.29, 1.82) is 0 Å². The number of fused-ring (bicyclic) bond motifs is 1. The number of halogens is 1. The lowest BCUT2D eigenvalue weighted by Crippen LogP contribution is -2.03. The highest BCUT2D eigenvalue weighted by Gasteiger charge is 2.20. The highest BCUT2D eigenvalue weighted by molar-refractivity contribution is 9.10. The smallest absolute Gasteiger partial charge is 0.125 e. The lowest BCUT2D eigenvalue weighted by molar-refractivity contribution is 0.177. The normalized spacial score (nSPS) is 15.1. The molecule has 1 unspecified atom stereocenters. The molecule has 0 saturated heterocycles. The second-order valence-electron chi connectivity index (χ2n) is 4.88. The molecular formula is C15H15BrO2S. The molecule has 0 aliphatic carbocycles. The van der Waals surface area contributed by atoms with Crippen LogP contribution in [0.2, 0.25) is 0 Å². The van der Waals surface area contributed by atoms with Crippen molar-refractivity contribution in [2.24, 2.45) is 0 Å². The Bertz CT molecular complexity index is 606. The average molecular weight is 339 g/mol. The van der Waals surface area contributed by atoms with Gasteiger partial charge in [-0.3, -0.25) is 0 Å². The summed E-state index contributed by atoms with van der Waals surface area (Å²) in [5.74, 6) is 0.968. The van der Waals surface area contributed by atoms with E-state index in [0.717, 1.165) is 39.9 Å². The molecule has 1 aliphatic rings. The zero-order valence-corrected chi connectivity index (χ0v) is 13.1. The molecule has 4 heteroatoms. The van der Waals surface area contributed by atoms with Gasteiger partial charge in [-0.15, -0.1) is 0 Å². The maximum atomic E-state index is 10.4. The third-order valence-corrected chi connectivity index (χ3v) is 4.83. The molecule has 1 aromatic heterocycles. The van der Waals surface area contributed by atoms with Gasteiger partial charge in [0.25, 0.3) is 0 Å². The number of hydrogen-bond donors (Lipinski definition) is 1. The minimum atomic E-state index is -0.464. The standard InChI is InChI=1S/C15H15BrO2S/c1-9-7-19-8-13(9)14(17)6-11-5-12(16)4-10-2-3-18-15(10)11/h4-5,7-8,14,17H,2-3,6H2,1H3. The summed E-state index contributed by atoms with van der Waals surface area (Å²) in [6, 6.07) is 4.16. The van der Waals surface area contributed by atoms with Crippen molar-refractivity contribution in [1.82, 2.24) is 0 Å². The van der Waals surface area contributed by atoms with Gasteiger partial charge in [0, 0.05) is 17.3 Å². The summed E-state index contributed by atoms with van der Waals surface area (Å²) in [5.41, 5.74) is 4.50. The van der Waals surface area contributed by atoms with Crippen molar-refractivity contribution in [3.63, 3.8) is 0 Å². The van der Waals surface area contributed by atoms with Crippen LogP contribution in [0.15, 0.2) is 27.4 Å². The third-order valence-electron chi connectivity index (χ3n) is 3.49. The number of aliphatic hydroxyl groups is 1. The molecule has 0 saturated carbocycles. The monoisotopic (exact) mass is 338 g/mol. The number of ether oxygens (including phenoxy) is 1. The maximum absolute atomic E-state index is 10.4. The van der Waals surface area contributed by atoms with Crippen LogP contribution in [0.25, 0.3) is 0 Å². The molecule has 100 valence electrons. The highest BCUT2D eigenvalue weighted by Crippen LogP contribution is 2.36. The van der Waals surface area contributed by atoms with Gasteiger partial charge in [0.15, 0.2) is 0 Å². The predicted molar refractivity (Wildman–Crippen MR) is 81.1 cm³/mol. The van der Waals surface area contributed by atoms with Gasteiger partial charge < -0.3 is 9.84 Å². The molecule has 1 N–H and O–H groups in total. The van der Waals surface area contributed by atoms with Gasteiger partial charge in [-0.25, -0.2) is 0 Å². The lowest BCUT2D eigenvalue weighted by atomic mass is 9.98. The first-order valence-corrected chi connectivity index (χ1v) is 8.03. The SMILES string of the molecule is Cc1cscc1C(O)Cc1cc(Br)cc2c1OCC2. The number of aliphatic hydroxyl groups excluding tert-OH is 1. The molecule has 0 spiro atoms. The molecule has 2 nitrogen and oxygen atoms in total. The Morgan fingerprint density at radius 2 is 2.26 bits per heavy atom. The highest BCUT2D eigenvalue weighted by atomic mass is 79.9. The van der Waals surface area contributed by atoms with Crippen LogP contribution >= 0.6 is 27.3 Å². The Hall–Kier alpha value is -0.840. The summed E-state index contributed by atoms with van der Waals surface area (Å²) in [6.45, 7) is 2.78. The molecule has 2 aromatic rings. The molecule has 0 amide bonds. The van der Waals surface area contributed by atoms with E-state index in [1.54, 1.807) is 11.3 Å². The van der Waals surface area contributed by atoms with Gasteiger partial charge in [0.2, 0.25) is 0 Å². The maximum Gasteiger partial charge on any atom is 0.125 e. The van der Waals surface area contributed by atoms with Crippen molar-refractivity contribution < 1.29 is 9.84 Å². The molecule has 1 aromatic carbocycles. The van der Waals surface area contributed by atoms with E-state index in [1.807, 2.05) is 12.3 Å². The number of thiophene rings is 1. The molecule has 0 fully saturated rings. The zero-order chi connectivity index (χ0) is 13.4. The fourth-order valence-electron chi connectivity index (χ4n) is 2.53. The van der Waals surface area contributed by atoms with Gasteiger partial charge in [-0.05, 0) is 52.1 Å². The first kappa shape index (κ1) is 13.2. The van der Waals surface area contributed by atoms with E-state index in [0.29, 0.717) is 6.42 Å². The van der Waals surface area contributed by atoms with Crippen molar-refractivity contribution in [3.8, 4) is 5.75 Å². The van der Waals surface area contributed by atoms with Crippen LogP contribution < -0.4 is 4.74 Å². The Morgan fingerprint density at radius 1 is 1.42 bits per heavy atom. The van der Waals surface area contributed by atoms with E-state index in [1.165, 1.54) is 5.56 Å². The predicted octanol–water partition coefficient (Wildman–Crippen LogP) is 4.03. The zero-order valence-electron chi connectivity index (χ0n) is 10.6. The van der Waals surface area contributed by atoms with E-state index in [9.17, 15) is 5.11 Å². The topological polar surface area (TPSA) is 29.5 Å². The summed E-state index contributed by atoms with van der Waals surface area (Å²) in [6.07, 6.45) is 1.09. The lowest BCUT2D eigenvalue weighted by Gasteiger charge is -2.14. The van der Waals surface area contributed by atoms with Crippen LogP contribution in [0, 0.1) is 6.92 Å². The Balaban J connectivity index is 1.90. The van der Waals surface area contributed by atoms with Gasteiger partial charge >= 0.3 is 0 Å². The van der Waals surface area contributed by atoms with Gasteiger partial charge in [0.1, 0.15) is 5.75 Å². The quantitative estimate of drug-likeness (QED) is 0.915. The summed E-state index contributed by atoms with van der Waals surface area (Å²) in [5, 5.41) is 14.5. The van der Waals surface area contributed by atoms with Crippen molar-refractivity contribution in [2.45, 2.75) is 25.9 Å². The molecular weight excluding hydrogens is 324 g/mol. The van der Waals surface area contributed by atoms with Gasteiger partial charge in [-0.1, -0.05) is 15.9 Å². The molecule has 1 atom stereocenters. The van der Waals surface area contributed by atoms with Crippen molar-refractivity contribution >= 4 is 27.3 Å². The fourth-order valence-corrected chi connectivity index (χ4v) is 3.98. The Kier molecular flexibility index (Phi) is 3.65. The number of rotatable bonds is 3. The Morgan fingerprint density at radius 3 is 3.00 bits per heavy atom. The van der Waals surface area contributed by atoms with E-state index >= 15 is 0 Å². The summed E-state index contributed by atoms with van der Waals surface area (Å²) in [7, 11) is 0. The molecule has 0 bridgehead atoms. The van der Waals surface area contributed by atoms with Crippen molar-refractivity contribution in [3.05, 3.63) is 49.6 Å². The number of hydrogen-bond acceptors (Lipinski definition) is 3. The van der Waals surface area contributed by atoms with Crippen LogP contribution in [0.5, 0.6) is 5.75 Å². The minimum Gasteiger partial charge on any atom is -0.493 e. The van der Waals surface area contributed by atoms with E-state index in [2.05, 4.69) is 33.4 Å². The van der Waals surface area contributed by atoms with Gasteiger partial charge in [0.05, 0.1) is 12.7 Å². The Labute approximate surface area is 125 Å². The second kappa shape index (κ2) is 5.27.